The van der Waals surface area contributed by atoms with Gasteiger partial charge in [0.25, 0.3) is 5.69 Å². The quantitative estimate of drug-likeness (QED) is 0.640. The third-order valence-electron chi connectivity index (χ3n) is 5.73. The smallest absolute Gasteiger partial charge is 0.288 e. The molecule has 0 radical (unpaired) electrons. The average molecular weight is 309 g/mol. The standard InChI is InChI=1S/C16H21ClN2O2/c1-15(2)10-6-7-16(3,9-10)14(15)18-11-4-5-13(19(20)21)12(17)8-11/h4-5,8,10,14,18H,6-7,9H2,1-3H3. The predicted octanol–water partition coefficient (Wildman–Crippen LogP) is 4.87. The number of nitro benzene ring substituents is 1. The van der Waals surface area contributed by atoms with Crippen LogP contribution in [0.2, 0.25) is 5.02 Å². The van der Waals surface area contributed by atoms with Crippen molar-refractivity contribution in [1.82, 2.24) is 0 Å². The Balaban J connectivity index is 1.87. The van der Waals surface area contributed by atoms with Gasteiger partial charge in [0.2, 0.25) is 0 Å². The lowest BCUT2D eigenvalue weighted by molar-refractivity contribution is -0.384. The van der Waals surface area contributed by atoms with E-state index >= 15 is 0 Å². The molecule has 4 nitrogen and oxygen atoms in total. The second-order valence-corrected chi connectivity index (χ2v) is 7.82. The summed E-state index contributed by atoms with van der Waals surface area (Å²) in [5.41, 5.74) is 1.38. The van der Waals surface area contributed by atoms with Gasteiger partial charge in [-0.1, -0.05) is 32.4 Å². The Morgan fingerprint density at radius 3 is 2.62 bits per heavy atom. The number of benzene rings is 1. The Bertz CT molecular complexity index is 597. The summed E-state index contributed by atoms with van der Waals surface area (Å²) in [5, 5.41) is 14.6. The van der Waals surface area contributed by atoms with Crippen LogP contribution in [0.1, 0.15) is 40.0 Å². The molecular formula is C16H21ClN2O2. The number of hydrogen-bond donors (Lipinski definition) is 1. The Morgan fingerprint density at radius 2 is 2.10 bits per heavy atom. The van der Waals surface area contributed by atoms with Crippen molar-refractivity contribution in [1.29, 1.82) is 0 Å². The van der Waals surface area contributed by atoms with Gasteiger partial charge >= 0.3 is 0 Å². The van der Waals surface area contributed by atoms with E-state index in [-0.39, 0.29) is 16.1 Å². The van der Waals surface area contributed by atoms with Gasteiger partial charge in [-0.2, -0.15) is 0 Å². The predicted molar refractivity (Wildman–Crippen MR) is 84.7 cm³/mol. The molecule has 114 valence electrons. The minimum atomic E-state index is -0.450. The van der Waals surface area contributed by atoms with Gasteiger partial charge in [-0.25, -0.2) is 0 Å². The third-order valence-corrected chi connectivity index (χ3v) is 6.03. The van der Waals surface area contributed by atoms with Gasteiger partial charge in [0.1, 0.15) is 5.02 Å². The largest absolute Gasteiger partial charge is 0.381 e. The molecular weight excluding hydrogens is 288 g/mol. The van der Waals surface area contributed by atoms with E-state index in [1.165, 1.54) is 25.3 Å². The summed E-state index contributed by atoms with van der Waals surface area (Å²) < 4.78 is 0. The van der Waals surface area contributed by atoms with Gasteiger partial charge in [-0.15, -0.1) is 0 Å². The second-order valence-electron chi connectivity index (χ2n) is 7.42. The molecule has 5 heteroatoms. The fourth-order valence-electron chi connectivity index (χ4n) is 4.57. The summed E-state index contributed by atoms with van der Waals surface area (Å²) in [4.78, 5) is 10.4. The molecule has 2 fully saturated rings. The lowest BCUT2D eigenvalue weighted by Gasteiger charge is -2.43. The average Bonchev–Trinajstić information content (AvgIpc) is 2.85. The fraction of sp³-hybridized carbons (Fsp3) is 0.625. The highest BCUT2D eigenvalue weighted by molar-refractivity contribution is 6.32. The summed E-state index contributed by atoms with van der Waals surface area (Å²) in [7, 11) is 0. The maximum Gasteiger partial charge on any atom is 0.288 e. The molecule has 1 aromatic carbocycles. The highest BCUT2D eigenvalue weighted by Crippen LogP contribution is 2.63. The van der Waals surface area contributed by atoms with Gasteiger partial charge in [-0.05, 0) is 48.1 Å². The van der Waals surface area contributed by atoms with Crippen LogP contribution in [0.15, 0.2) is 18.2 Å². The highest BCUT2D eigenvalue weighted by Gasteiger charge is 2.59. The Morgan fingerprint density at radius 1 is 1.38 bits per heavy atom. The minimum Gasteiger partial charge on any atom is -0.381 e. The molecule has 0 aromatic heterocycles. The van der Waals surface area contributed by atoms with Crippen molar-refractivity contribution in [2.45, 2.75) is 46.1 Å². The first-order chi connectivity index (χ1) is 9.74. The van der Waals surface area contributed by atoms with Crippen molar-refractivity contribution < 1.29 is 4.92 Å². The Kier molecular flexibility index (Phi) is 3.21. The zero-order valence-electron chi connectivity index (χ0n) is 12.6. The van der Waals surface area contributed by atoms with Crippen molar-refractivity contribution >= 4 is 23.0 Å². The number of halogens is 1. The number of nitrogens with one attached hydrogen (secondary N) is 1. The first kappa shape index (κ1) is 14.6. The molecule has 1 aromatic rings. The van der Waals surface area contributed by atoms with E-state index in [0.717, 1.165) is 11.6 Å². The van der Waals surface area contributed by atoms with Crippen LogP contribution < -0.4 is 5.32 Å². The van der Waals surface area contributed by atoms with E-state index in [9.17, 15) is 10.1 Å². The SMILES string of the molecule is CC12CCC(C1)C(C)(C)C2Nc1ccc([N+](=O)[O-])c(Cl)c1. The lowest BCUT2D eigenvalue weighted by Crippen LogP contribution is -2.45. The number of nitro groups is 1. The molecule has 2 saturated carbocycles. The Labute approximate surface area is 130 Å². The highest BCUT2D eigenvalue weighted by atomic mass is 35.5. The van der Waals surface area contributed by atoms with Crippen molar-refractivity contribution in [3.05, 3.63) is 33.3 Å². The van der Waals surface area contributed by atoms with Gasteiger partial charge in [-0.3, -0.25) is 10.1 Å². The molecule has 0 amide bonds. The monoisotopic (exact) mass is 308 g/mol. The van der Waals surface area contributed by atoms with Crippen molar-refractivity contribution in [3.8, 4) is 0 Å². The van der Waals surface area contributed by atoms with Crippen molar-refractivity contribution in [2.24, 2.45) is 16.7 Å². The molecule has 1 N–H and O–H groups in total. The summed E-state index contributed by atoms with van der Waals surface area (Å²) in [6.07, 6.45) is 3.82. The molecule has 2 aliphatic carbocycles. The van der Waals surface area contributed by atoms with Crippen LogP contribution >= 0.6 is 11.6 Å². The second kappa shape index (κ2) is 4.60. The van der Waals surface area contributed by atoms with Gasteiger partial charge in [0.15, 0.2) is 0 Å². The van der Waals surface area contributed by atoms with E-state index < -0.39 is 4.92 Å². The molecule has 0 aliphatic heterocycles. The number of fused-ring (bicyclic) bond motifs is 2. The molecule has 2 aliphatic rings. The molecule has 3 unspecified atom stereocenters. The van der Waals surface area contributed by atoms with E-state index in [0.29, 0.717) is 11.5 Å². The van der Waals surface area contributed by atoms with Crippen LogP contribution in [-0.4, -0.2) is 11.0 Å². The van der Waals surface area contributed by atoms with E-state index in [4.69, 9.17) is 11.6 Å². The number of anilines is 1. The summed E-state index contributed by atoms with van der Waals surface area (Å²) in [6, 6.07) is 5.29. The molecule has 0 spiro atoms. The summed E-state index contributed by atoms with van der Waals surface area (Å²) in [6.45, 7) is 7.01. The number of rotatable bonds is 3. The topological polar surface area (TPSA) is 55.2 Å². The van der Waals surface area contributed by atoms with Crippen LogP contribution in [0.3, 0.4) is 0 Å². The zero-order chi connectivity index (χ0) is 15.4. The minimum absolute atomic E-state index is 0.0411. The van der Waals surface area contributed by atoms with Gasteiger partial charge < -0.3 is 5.32 Å². The van der Waals surface area contributed by atoms with Crippen LogP contribution in [0, 0.1) is 26.9 Å². The molecule has 0 saturated heterocycles. The van der Waals surface area contributed by atoms with Crippen molar-refractivity contribution in [3.63, 3.8) is 0 Å². The summed E-state index contributed by atoms with van der Waals surface area (Å²) in [5.74, 6) is 0.758. The summed E-state index contributed by atoms with van der Waals surface area (Å²) >= 11 is 6.01. The van der Waals surface area contributed by atoms with Crippen LogP contribution in [0.5, 0.6) is 0 Å². The van der Waals surface area contributed by atoms with Crippen LogP contribution in [0.25, 0.3) is 0 Å². The van der Waals surface area contributed by atoms with E-state index in [2.05, 4.69) is 26.1 Å². The van der Waals surface area contributed by atoms with E-state index in [1.807, 2.05) is 0 Å². The zero-order valence-corrected chi connectivity index (χ0v) is 13.4. The molecule has 0 heterocycles. The third kappa shape index (κ3) is 2.20. The molecule has 3 atom stereocenters. The Hall–Kier alpha value is -1.29. The van der Waals surface area contributed by atoms with Crippen molar-refractivity contribution in [2.75, 3.05) is 5.32 Å². The first-order valence-electron chi connectivity index (χ1n) is 7.44. The van der Waals surface area contributed by atoms with Crippen LogP contribution in [-0.2, 0) is 0 Å². The molecule has 2 bridgehead atoms. The fourth-order valence-corrected chi connectivity index (χ4v) is 4.82. The number of hydrogen-bond acceptors (Lipinski definition) is 3. The van der Waals surface area contributed by atoms with Gasteiger partial charge in [0, 0.05) is 17.8 Å². The maximum absolute atomic E-state index is 10.8. The number of nitrogens with zero attached hydrogens (tertiary/aromatic N) is 1. The first-order valence-corrected chi connectivity index (χ1v) is 7.82. The normalized spacial score (nSPS) is 33.1. The van der Waals surface area contributed by atoms with Crippen LogP contribution in [0.4, 0.5) is 11.4 Å². The maximum atomic E-state index is 10.8. The molecule has 3 rings (SSSR count). The van der Waals surface area contributed by atoms with E-state index in [1.54, 1.807) is 12.1 Å². The molecule has 21 heavy (non-hydrogen) atoms. The van der Waals surface area contributed by atoms with Gasteiger partial charge in [0.05, 0.1) is 4.92 Å². The lowest BCUT2D eigenvalue weighted by atomic mass is 9.68.